The lowest BCUT2D eigenvalue weighted by atomic mass is 9.67. The average Bonchev–Trinajstić information content (AvgIpc) is 1.56. The highest BCUT2D eigenvalue weighted by Crippen LogP contribution is 2.61. The summed E-state index contributed by atoms with van der Waals surface area (Å²) < 4.78 is 93.4. The summed E-state index contributed by atoms with van der Waals surface area (Å²) >= 11 is 0. The first-order chi connectivity index (χ1) is 48.9. The Morgan fingerprint density at radius 2 is 0.637 bits per heavy atom. The van der Waals surface area contributed by atoms with Crippen molar-refractivity contribution in [1.29, 1.82) is 0 Å². The summed E-state index contributed by atoms with van der Waals surface area (Å²) in [4.78, 5) is 4.60. The third-order valence-corrected chi connectivity index (χ3v) is 19.7. The zero-order valence-electron chi connectivity index (χ0n) is 60.2. The molecule has 0 heterocycles. The molecule has 0 fully saturated rings. The summed E-state index contributed by atoms with van der Waals surface area (Å²) in [6.07, 6.45) is 3.55. The lowest BCUT2D eigenvalue weighted by Crippen LogP contribution is -2.28. The summed E-state index contributed by atoms with van der Waals surface area (Å²) in [7, 11) is 0. The molecule has 2 atom stereocenters. The Balaban J connectivity index is 0.861. The average molecular weight is 1170 g/mol. The molecule has 3 aliphatic carbocycles. The second-order valence-electron chi connectivity index (χ2n) is 24.5. The van der Waals surface area contributed by atoms with Gasteiger partial charge in [0.25, 0.3) is 0 Å². The summed E-state index contributed by atoms with van der Waals surface area (Å²) in [5, 5.41) is 4.13. The van der Waals surface area contributed by atoms with Crippen LogP contribution in [0.3, 0.4) is 0 Å². The smallest absolute Gasteiger partial charge is 0.0714 e. The van der Waals surface area contributed by atoms with Crippen LogP contribution in [0.5, 0.6) is 0 Å². The minimum absolute atomic E-state index is 0.170. The molecule has 17 rings (SSSR count). The molecule has 2 heteroatoms. The molecule has 14 aromatic carbocycles. The lowest BCUT2D eigenvalue weighted by molar-refractivity contribution is 0.660. The van der Waals surface area contributed by atoms with E-state index >= 15 is 0 Å². The van der Waals surface area contributed by atoms with Gasteiger partial charge in [-0.2, -0.15) is 0 Å². The molecule has 2 nitrogen and oxygen atoms in total. The first-order valence-corrected chi connectivity index (χ1v) is 30.9. The van der Waals surface area contributed by atoms with Gasteiger partial charge in [-0.1, -0.05) is 294 Å². The van der Waals surface area contributed by atoms with Crippen LogP contribution in [-0.2, 0) is 16.2 Å². The van der Waals surface area contributed by atoms with Crippen molar-refractivity contribution in [3.8, 4) is 33.4 Å². The topological polar surface area (TPSA) is 6.48 Å². The van der Waals surface area contributed by atoms with Gasteiger partial charge in [-0.3, -0.25) is 0 Å². The largest absolute Gasteiger partial charge is 0.310 e. The van der Waals surface area contributed by atoms with Crippen LogP contribution in [0.2, 0.25) is 0 Å². The Labute approximate surface area is 547 Å². The Kier molecular flexibility index (Phi) is 10.1. The van der Waals surface area contributed by atoms with Crippen LogP contribution in [-0.4, -0.2) is 0 Å². The molecule has 430 valence electrons. The molecule has 0 saturated heterocycles. The third-order valence-electron chi connectivity index (χ3n) is 19.7. The number of hydrogen-bond acceptors (Lipinski definition) is 2. The standard InChI is InChI=1S/C89H64N2/c1-5-59-39-43-65(44-40-59)88(63-27-9-7-10-28-63)79-35-19-17-33-73(79)77-53-49-69(57-83(77)88)90(85-37-21-25-61-23-13-15-31-71(61)85)67-47-51-75-76-52-48-68(56-82(76)87(3,4)81(75)55-67)91(86-38-22-26-62-24-14-16-32-72(62)86)70-50-54-78-74-34-18-20-36-80(74)89(84(78)58-70,64-29-11-8-12-30-64)66-45-41-60(6-2)42-46-66/h5-58H,1-2H2,3-4H3/i7D,8D,9D,10D,11D,12D,27D,28D,29D,30D. The summed E-state index contributed by atoms with van der Waals surface area (Å²) in [6.45, 7) is 12.7. The first-order valence-electron chi connectivity index (χ1n) is 35.9. The van der Waals surface area contributed by atoms with Gasteiger partial charge in [-0.05, 0) is 172 Å². The molecule has 0 radical (unpaired) electrons. The van der Waals surface area contributed by atoms with Crippen LogP contribution in [0.4, 0.5) is 34.1 Å². The van der Waals surface area contributed by atoms with E-state index in [0.29, 0.717) is 0 Å². The van der Waals surface area contributed by atoms with Crippen LogP contribution in [0.25, 0.3) is 67.1 Å². The van der Waals surface area contributed by atoms with E-state index < -0.39 is 52.5 Å². The second kappa shape index (κ2) is 20.9. The molecule has 2 unspecified atom stereocenters. The molecule has 3 aliphatic rings. The van der Waals surface area contributed by atoms with Crippen LogP contribution < -0.4 is 9.80 Å². The maximum atomic E-state index is 9.79. The fourth-order valence-corrected chi connectivity index (χ4v) is 15.5. The lowest BCUT2D eigenvalue weighted by Gasteiger charge is -2.35. The highest BCUT2D eigenvalue weighted by molar-refractivity contribution is 6.03. The molecule has 14 aromatic rings. The Bertz CT molecular complexity index is 5470. The van der Waals surface area contributed by atoms with Crippen molar-refractivity contribution < 1.29 is 13.7 Å². The van der Waals surface area contributed by atoms with Crippen LogP contribution in [0, 0.1) is 0 Å². The zero-order chi connectivity index (χ0) is 69.7. The van der Waals surface area contributed by atoms with E-state index in [-0.39, 0.29) is 35.3 Å². The van der Waals surface area contributed by atoms with E-state index in [1.54, 1.807) is 12.2 Å². The minimum Gasteiger partial charge on any atom is -0.310 e. The summed E-state index contributed by atoms with van der Waals surface area (Å²) in [5.74, 6) is 0. The van der Waals surface area contributed by atoms with Crippen molar-refractivity contribution in [2.75, 3.05) is 9.80 Å². The van der Waals surface area contributed by atoms with Crippen molar-refractivity contribution in [3.63, 3.8) is 0 Å². The van der Waals surface area contributed by atoms with Gasteiger partial charge in [-0.15, -0.1) is 0 Å². The molecular weight excluding hydrogens is 1100 g/mol. The van der Waals surface area contributed by atoms with Gasteiger partial charge in [0, 0.05) is 38.9 Å². The van der Waals surface area contributed by atoms with Crippen molar-refractivity contribution in [1.82, 2.24) is 0 Å². The normalized spacial score (nSPS) is 17.6. The van der Waals surface area contributed by atoms with Crippen molar-refractivity contribution >= 4 is 67.8 Å². The fourth-order valence-electron chi connectivity index (χ4n) is 15.5. The van der Waals surface area contributed by atoms with E-state index in [1.165, 1.54) is 0 Å². The van der Waals surface area contributed by atoms with Gasteiger partial charge in [0.2, 0.25) is 0 Å². The van der Waals surface area contributed by atoms with E-state index in [0.717, 1.165) is 145 Å². The third kappa shape index (κ3) is 7.99. The number of hydrogen-bond donors (Lipinski definition) is 0. The fraction of sp³-hybridized carbons (Fsp3) is 0.0562. The maximum Gasteiger partial charge on any atom is 0.0714 e. The Morgan fingerprint density at radius 1 is 0.308 bits per heavy atom. The van der Waals surface area contributed by atoms with Gasteiger partial charge < -0.3 is 9.80 Å². The predicted molar refractivity (Wildman–Crippen MR) is 383 cm³/mol. The molecule has 91 heavy (non-hydrogen) atoms. The molecule has 0 aromatic heterocycles. The van der Waals surface area contributed by atoms with E-state index in [9.17, 15) is 11.0 Å². The molecular formula is C89H64N2. The summed E-state index contributed by atoms with van der Waals surface area (Å²) in [6, 6.07) is 84.1. The SMILES string of the molecule is [2H]c1c([2H])c([2H])c(C2(c3ccc(C=C)cc3)c3ccccc3-c3ccc(N(c4ccc5c(c4)C(C)(C)c4cc(N(c6ccc7c(c6)C(c6ccc(C=C)cc6)(c6c([2H])c([2H])c([2H])c([2H])c6[2H])c6ccccc6-7)c6cccc7ccccc67)ccc4-5)c4cccc5ccccc45)cc32)c([2H])c1[2H]. The van der Waals surface area contributed by atoms with Crippen molar-refractivity contribution in [2.24, 2.45) is 0 Å². The quantitative estimate of drug-likeness (QED) is 0.120. The Hall–Kier alpha value is -11.3. The van der Waals surface area contributed by atoms with Gasteiger partial charge >= 0.3 is 0 Å². The van der Waals surface area contributed by atoms with Gasteiger partial charge in [0.1, 0.15) is 0 Å². The van der Waals surface area contributed by atoms with Crippen molar-refractivity contribution in [3.05, 3.63) is 395 Å². The highest BCUT2D eigenvalue weighted by Gasteiger charge is 2.48. The van der Waals surface area contributed by atoms with Crippen LogP contribution in [0.15, 0.2) is 328 Å². The molecule has 0 amide bonds. The Morgan fingerprint density at radius 3 is 1.03 bits per heavy atom. The van der Waals surface area contributed by atoms with Crippen LogP contribution in [0.1, 0.15) is 94.3 Å². The number of rotatable bonds is 12. The van der Waals surface area contributed by atoms with Gasteiger partial charge in [0.05, 0.1) is 35.9 Å². The first kappa shape index (κ1) is 44.2. The number of fused-ring (bicyclic) bond motifs is 11. The van der Waals surface area contributed by atoms with E-state index in [4.69, 9.17) is 2.74 Å². The maximum absolute atomic E-state index is 9.79. The van der Waals surface area contributed by atoms with Gasteiger partial charge in [0.15, 0.2) is 0 Å². The molecule has 0 aliphatic heterocycles. The molecule has 0 N–H and O–H groups in total. The predicted octanol–water partition coefficient (Wildman–Crippen LogP) is 23.3. The molecule has 0 bridgehead atoms. The monoisotopic (exact) mass is 1170 g/mol. The summed E-state index contributed by atoms with van der Waals surface area (Å²) in [5.41, 5.74) is 16.6. The molecule has 0 saturated carbocycles. The number of anilines is 6. The number of nitrogens with zero attached hydrogens (tertiary/aromatic N) is 2. The minimum atomic E-state index is -1.38. The molecule has 0 spiro atoms. The zero-order valence-corrected chi connectivity index (χ0v) is 50.2. The highest BCUT2D eigenvalue weighted by atomic mass is 15.2. The number of benzene rings is 14. The van der Waals surface area contributed by atoms with Crippen LogP contribution >= 0.6 is 0 Å². The second-order valence-corrected chi connectivity index (χ2v) is 24.5. The van der Waals surface area contributed by atoms with Gasteiger partial charge in [-0.25, -0.2) is 0 Å². The van der Waals surface area contributed by atoms with E-state index in [2.05, 4.69) is 195 Å². The van der Waals surface area contributed by atoms with Crippen molar-refractivity contribution in [2.45, 2.75) is 30.1 Å². The van der Waals surface area contributed by atoms with E-state index in [1.807, 2.05) is 97.1 Å².